The molecular weight excluding hydrogens is 304 g/mol. The van der Waals surface area contributed by atoms with Crippen molar-refractivity contribution in [1.82, 2.24) is 9.80 Å². The van der Waals surface area contributed by atoms with E-state index in [-0.39, 0.29) is 18.0 Å². The van der Waals surface area contributed by atoms with Crippen LogP contribution in [-0.2, 0) is 4.74 Å². The molecule has 0 spiro atoms. The van der Waals surface area contributed by atoms with Crippen LogP contribution in [0.15, 0.2) is 30.8 Å². The zero-order valence-electron chi connectivity index (χ0n) is 14.9. The van der Waals surface area contributed by atoms with Crippen molar-refractivity contribution in [2.24, 2.45) is 0 Å². The van der Waals surface area contributed by atoms with Gasteiger partial charge in [-0.2, -0.15) is 0 Å². The molecule has 1 aliphatic heterocycles. The Balaban J connectivity index is 2.06. The highest BCUT2D eigenvalue weighted by Gasteiger charge is 2.33. The molecule has 0 saturated carbocycles. The Morgan fingerprint density at radius 1 is 1.25 bits per heavy atom. The number of benzene rings is 1. The molecule has 0 N–H and O–H groups in total. The molecule has 0 radical (unpaired) electrons. The van der Waals surface area contributed by atoms with Gasteiger partial charge in [0.05, 0.1) is 0 Å². The summed E-state index contributed by atoms with van der Waals surface area (Å²) >= 11 is 0. The van der Waals surface area contributed by atoms with Crippen LogP contribution in [0.25, 0.3) is 6.08 Å². The second-order valence-electron chi connectivity index (χ2n) is 7.07. The Labute approximate surface area is 143 Å². The summed E-state index contributed by atoms with van der Waals surface area (Å²) in [4.78, 5) is 28.5. The lowest BCUT2D eigenvalue weighted by atomic mass is 10.1. The monoisotopic (exact) mass is 330 g/mol. The summed E-state index contributed by atoms with van der Waals surface area (Å²) in [5.41, 5.74) is 0.947. The Morgan fingerprint density at radius 3 is 2.50 bits per heavy atom. The lowest BCUT2D eigenvalue weighted by Gasteiger charge is -2.40. The maximum Gasteiger partial charge on any atom is 0.410 e. The van der Waals surface area contributed by atoms with Crippen molar-refractivity contribution in [3.05, 3.63) is 42.0 Å². The van der Waals surface area contributed by atoms with E-state index in [2.05, 4.69) is 6.58 Å². The molecule has 2 amide bonds. The zero-order chi connectivity index (χ0) is 17.9. The molecule has 0 unspecified atom stereocenters. The lowest BCUT2D eigenvalue weighted by Crippen LogP contribution is -2.56. The third-order valence-electron chi connectivity index (χ3n) is 3.95. The van der Waals surface area contributed by atoms with E-state index >= 15 is 0 Å². The van der Waals surface area contributed by atoms with Crippen LogP contribution in [-0.4, -0.2) is 53.1 Å². The number of piperazine rings is 1. The predicted molar refractivity (Wildman–Crippen MR) is 94.8 cm³/mol. The minimum Gasteiger partial charge on any atom is -0.444 e. The summed E-state index contributed by atoms with van der Waals surface area (Å²) in [6, 6.07) is 7.33. The molecule has 1 aromatic carbocycles. The van der Waals surface area contributed by atoms with E-state index in [1.807, 2.05) is 52.0 Å². The normalized spacial score (nSPS) is 18.2. The van der Waals surface area contributed by atoms with E-state index in [4.69, 9.17) is 4.74 Å². The van der Waals surface area contributed by atoms with Crippen molar-refractivity contribution in [3.63, 3.8) is 0 Å². The summed E-state index contributed by atoms with van der Waals surface area (Å²) in [5, 5.41) is 0. The summed E-state index contributed by atoms with van der Waals surface area (Å²) < 4.78 is 5.43. The molecular formula is C19H26N2O3. The molecule has 1 atom stereocenters. The molecule has 24 heavy (non-hydrogen) atoms. The SMILES string of the molecule is C=Cc1ccccc1C(=O)N1CCN(C(=O)OC(C)(C)C)[C@H](C)C1. The minimum absolute atomic E-state index is 0.0267. The van der Waals surface area contributed by atoms with Gasteiger partial charge in [0.1, 0.15) is 5.60 Å². The van der Waals surface area contributed by atoms with Crippen molar-refractivity contribution in [3.8, 4) is 0 Å². The first-order chi connectivity index (χ1) is 11.2. The third kappa shape index (κ3) is 4.16. The lowest BCUT2D eigenvalue weighted by molar-refractivity contribution is 0.00198. The van der Waals surface area contributed by atoms with Crippen LogP contribution in [0, 0.1) is 0 Å². The highest BCUT2D eigenvalue weighted by Crippen LogP contribution is 2.19. The standard InChI is InChI=1S/C19H26N2O3/c1-6-15-9-7-8-10-16(15)17(22)20-11-12-21(14(2)13-20)18(23)24-19(3,4)5/h6-10,14H,1,11-13H2,2-5H3/t14-/m1/s1. The van der Waals surface area contributed by atoms with Gasteiger partial charge in [-0.1, -0.05) is 30.9 Å². The molecule has 1 aliphatic rings. The van der Waals surface area contributed by atoms with E-state index in [1.165, 1.54) is 0 Å². The first kappa shape index (κ1) is 18.0. The number of nitrogens with zero attached hydrogens (tertiary/aromatic N) is 2. The van der Waals surface area contributed by atoms with Gasteiger partial charge in [0.25, 0.3) is 5.91 Å². The Morgan fingerprint density at radius 2 is 1.92 bits per heavy atom. The highest BCUT2D eigenvalue weighted by molar-refractivity contribution is 5.97. The van der Waals surface area contributed by atoms with Gasteiger partial charge in [-0.25, -0.2) is 4.79 Å². The Bertz CT molecular complexity index is 634. The molecule has 0 bridgehead atoms. The zero-order valence-corrected chi connectivity index (χ0v) is 14.9. The second-order valence-corrected chi connectivity index (χ2v) is 7.07. The van der Waals surface area contributed by atoms with Crippen LogP contribution in [0.2, 0.25) is 0 Å². The molecule has 130 valence electrons. The maximum atomic E-state index is 12.8. The predicted octanol–water partition coefficient (Wildman–Crippen LogP) is 3.41. The van der Waals surface area contributed by atoms with Gasteiger partial charge < -0.3 is 14.5 Å². The molecule has 1 saturated heterocycles. The molecule has 1 heterocycles. The van der Waals surface area contributed by atoms with Gasteiger partial charge in [-0.05, 0) is 39.3 Å². The fourth-order valence-corrected chi connectivity index (χ4v) is 2.77. The number of carbonyl (C=O) groups is 2. The maximum absolute atomic E-state index is 12.8. The quantitative estimate of drug-likeness (QED) is 0.835. The first-order valence-corrected chi connectivity index (χ1v) is 8.23. The summed E-state index contributed by atoms with van der Waals surface area (Å²) in [7, 11) is 0. The molecule has 1 aromatic rings. The number of ether oxygens (including phenoxy) is 1. The molecule has 5 nitrogen and oxygen atoms in total. The molecule has 1 fully saturated rings. The van der Waals surface area contributed by atoms with Gasteiger partial charge in [-0.3, -0.25) is 4.79 Å². The topological polar surface area (TPSA) is 49.9 Å². The minimum atomic E-state index is -0.521. The van der Waals surface area contributed by atoms with Crippen molar-refractivity contribution in [2.45, 2.75) is 39.3 Å². The van der Waals surface area contributed by atoms with Crippen LogP contribution in [0.4, 0.5) is 4.79 Å². The molecule has 5 heteroatoms. The molecule has 0 aromatic heterocycles. The molecule has 0 aliphatic carbocycles. The fraction of sp³-hybridized carbons (Fsp3) is 0.474. The van der Waals surface area contributed by atoms with Gasteiger partial charge in [0.15, 0.2) is 0 Å². The van der Waals surface area contributed by atoms with Crippen molar-refractivity contribution >= 4 is 18.1 Å². The summed E-state index contributed by atoms with van der Waals surface area (Å²) in [6.07, 6.45) is 1.36. The Kier molecular flexibility index (Phi) is 5.32. The van der Waals surface area contributed by atoms with Gasteiger partial charge in [-0.15, -0.1) is 0 Å². The van der Waals surface area contributed by atoms with Gasteiger partial charge in [0.2, 0.25) is 0 Å². The van der Waals surface area contributed by atoms with E-state index in [1.54, 1.807) is 15.9 Å². The van der Waals surface area contributed by atoms with Crippen LogP contribution >= 0.6 is 0 Å². The first-order valence-electron chi connectivity index (χ1n) is 8.23. The third-order valence-corrected chi connectivity index (χ3v) is 3.95. The van der Waals surface area contributed by atoms with Crippen molar-refractivity contribution in [2.75, 3.05) is 19.6 Å². The van der Waals surface area contributed by atoms with Crippen LogP contribution in [0.1, 0.15) is 43.6 Å². The number of hydrogen-bond acceptors (Lipinski definition) is 3. The van der Waals surface area contributed by atoms with E-state index in [0.29, 0.717) is 25.2 Å². The summed E-state index contributed by atoms with van der Waals surface area (Å²) in [5.74, 6) is -0.0267. The Hall–Kier alpha value is -2.30. The van der Waals surface area contributed by atoms with E-state index in [0.717, 1.165) is 5.56 Å². The van der Waals surface area contributed by atoms with Crippen LogP contribution in [0.3, 0.4) is 0 Å². The smallest absolute Gasteiger partial charge is 0.410 e. The average molecular weight is 330 g/mol. The number of rotatable bonds is 2. The highest BCUT2D eigenvalue weighted by atomic mass is 16.6. The largest absolute Gasteiger partial charge is 0.444 e. The van der Waals surface area contributed by atoms with Crippen molar-refractivity contribution in [1.29, 1.82) is 0 Å². The molecule has 2 rings (SSSR count). The number of carbonyl (C=O) groups excluding carboxylic acids is 2. The van der Waals surface area contributed by atoms with Crippen molar-refractivity contribution < 1.29 is 14.3 Å². The van der Waals surface area contributed by atoms with Crippen LogP contribution < -0.4 is 0 Å². The van der Waals surface area contributed by atoms with E-state index < -0.39 is 5.60 Å². The number of amides is 2. The number of hydrogen-bond donors (Lipinski definition) is 0. The van der Waals surface area contributed by atoms with Gasteiger partial charge in [0, 0.05) is 31.2 Å². The average Bonchev–Trinajstić information content (AvgIpc) is 2.52. The van der Waals surface area contributed by atoms with E-state index in [9.17, 15) is 9.59 Å². The van der Waals surface area contributed by atoms with Gasteiger partial charge >= 0.3 is 6.09 Å². The fourth-order valence-electron chi connectivity index (χ4n) is 2.77. The van der Waals surface area contributed by atoms with Crippen LogP contribution in [0.5, 0.6) is 0 Å². The second kappa shape index (κ2) is 7.07. The summed E-state index contributed by atoms with van der Waals surface area (Å²) in [6.45, 7) is 12.7.